The molecule has 0 atom stereocenters. The third kappa shape index (κ3) is 2.28. The van der Waals surface area contributed by atoms with Crippen molar-refractivity contribution in [2.75, 3.05) is 12.3 Å². The van der Waals surface area contributed by atoms with Gasteiger partial charge in [0.15, 0.2) is 0 Å². The summed E-state index contributed by atoms with van der Waals surface area (Å²) in [5.74, 6) is 1.43. The quantitative estimate of drug-likeness (QED) is 0.733. The van der Waals surface area contributed by atoms with Gasteiger partial charge in [0.2, 0.25) is 5.91 Å². The summed E-state index contributed by atoms with van der Waals surface area (Å²) in [7, 11) is 0. The maximum Gasteiger partial charge on any atom is 0.227 e. The number of carbonyl (C=O) groups is 1. The lowest BCUT2D eigenvalue weighted by molar-refractivity contribution is -0.129. The summed E-state index contributed by atoms with van der Waals surface area (Å²) in [6, 6.07) is 0. The van der Waals surface area contributed by atoms with E-state index in [1.165, 1.54) is 10.6 Å². The van der Waals surface area contributed by atoms with Gasteiger partial charge in [-0.25, -0.2) is 0 Å². The van der Waals surface area contributed by atoms with Gasteiger partial charge >= 0.3 is 0 Å². The van der Waals surface area contributed by atoms with Gasteiger partial charge < -0.3 is 4.90 Å². The smallest absolute Gasteiger partial charge is 0.227 e. The van der Waals surface area contributed by atoms with E-state index in [1.807, 2.05) is 16.7 Å². The molecule has 0 aromatic heterocycles. The number of rotatable bonds is 3. The summed E-state index contributed by atoms with van der Waals surface area (Å²) in [5, 5.41) is 0. The zero-order chi connectivity index (χ0) is 10.7. The summed E-state index contributed by atoms with van der Waals surface area (Å²) in [5.41, 5.74) is 1.27. The first kappa shape index (κ1) is 10.8. The van der Waals surface area contributed by atoms with Crippen LogP contribution in [0.3, 0.4) is 0 Å². The van der Waals surface area contributed by atoms with Gasteiger partial charge in [-0.15, -0.1) is 11.8 Å². The molecule has 0 saturated heterocycles. The zero-order valence-electron chi connectivity index (χ0n) is 9.16. The number of amides is 1. The Morgan fingerprint density at radius 3 is 3.27 bits per heavy atom. The van der Waals surface area contributed by atoms with E-state index in [0.29, 0.717) is 12.3 Å². The second-order valence-corrected chi connectivity index (χ2v) is 5.06. The highest BCUT2D eigenvalue weighted by atomic mass is 32.2. The van der Waals surface area contributed by atoms with Crippen LogP contribution < -0.4 is 0 Å². The molecule has 2 aliphatic rings. The van der Waals surface area contributed by atoms with Crippen molar-refractivity contribution in [3.8, 4) is 0 Å². The lowest BCUT2D eigenvalue weighted by Gasteiger charge is -2.25. The van der Waals surface area contributed by atoms with Crippen LogP contribution in [0.25, 0.3) is 0 Å². The van der Waals surface area contributed by atoms with Gasteiger partial charge in [0.05, 0.1) is 0 Å². The van der Waals surface area contributed by atoms with Crippen molar-refractivity contribution in [1.82, 2.24) is 4.90 Å². The van der Waals surface area contributed by atoms with Crippen LogP contribution in [0.5, 0.6) is 0 Å². The fourth-order valence-electron chi connectivity index (χ4n) is 1.97. The molecule has 82 valence electrons. The fourth-order valence-corrected chi connectivity index (χ4v) is 3.05. The Morgan fingerprint density at radius 2 is 2.47 bits per heavy atom. The van der Waals surface area contributed by atoms with Crippen LogP contribution in [0, 0.1) is 0 Å². The summed E-state index contributed by atoms with van der Waals surface area (Å²) in [6.07, 6.45) is 8.12. The highest BCUT2D eigenvalue weighted by Crippen LogP contribution is 2.36. The molecule has 0 aliphatic carbocycles. The van der Waals surface area contributed by atoms with E-state index < -0.39 is 0 Å². The van der Waals surface area contributed by atoms with Crippen molar-refractivity contribution in [3.63, 3.8) is 0 Å². The van der Waals surface area contributed by atoms with Gasteiger partial charge in [-0.3, -0.25) is 4.79 Å². The predicted molar refractivity (Wildman–Crippen MR) is 64.5 cm³/mol. The second-order valence-electron chi connectivity index (χ2n) is 3.92. The van der Waals surface area contributed by atoms with E-state index in [2.05, 4.69) is 19.1 Å². The Hall–Kier alpha value is -0.700. The minimum absolute atomic E-state index is 0.302. The predicted octanol–water partition coefficient (Wildman–Crippen LogP) is 2.92. The Bertz CT molecular complexity index is 320. The van der Waals surface area contributed by atoms with Crippen LogP contribution in [0.2, 0.25) is 0 Å². The van der Waals surface area contributed by atoms with E-state index in [4.69, 9.17) is 0 Å². The molecule has 2 rings (SSSR count). The molecule has 2 aliphatic heterocycles. The molecule has 0 unspecified atom stereocenters. The maximum absolute atomic E-state index is 11.9. The molecule has 0 saturated carbocycles. The average Bonchev–Trinajstić information content (AvgIpc) is 2.73. The SMILES string of the molecule is CCCCC(=O)N1CC=CC2=C1CCS2. The average molecular weight is 223 g/mol. The summed E-state index contributed by atoms with van der Waals surface area (Å²) < 4.78 is 0. The third-order valence-electron chi connectivity index (χ3n) is 2.81. The lowest BCUT2D eigenvalue weighted by atomic mass is 10.1. The minimum Gasteiger partial charge on any atom is -0.311 e. The monoisotopic (exact) mass is 223 g/mol. The number of allylic oxidation sites excluding steroid dienone is 2. The second kappa shape index (κ2) is 4.88. The van der Waals surface area contributed by atoms with Gasteiger partial charge in [0.25, 0.3) is 0 Å². The molecular weight excluding hydrogens is 206 g/mol. The topological polar surface area (TPSA) is 20.3 Å². The summed E-state index contributed by atoms with van der Waals surface area (Å²) in [6.45, 7) is 2.90. The normalized spacial score (nSPS) is 19.7. The van der Waals surface area contributed by atoms with Crippen molar-refractivity contribution in [2.24, 2.45) is 0 Å². The molecule has 2 nitrogen and oxygen atoms in total. The standard InChI is InChI=1S/C12H17NOS/c1-2-3-6-12(14)13-8-4-5-11-10(13)7-9-15-11/h4-5H,2-3,6-9H2,1H3. The van der Waals surface area contributed by atoms with E-state index in [9.17, 15) is 4.79 Å². The third-order valence-corrected chi connectivity index (χ3v) is 3.90. The van der Waals surface area contributed by atoms with Crippen molar-refractivity contribution >= 4 is 17.7 Å². The molecule has 15 heavy (non-hydrogen) atoms. The summed E-state index contributed by atoms with van der Waals surface area (Å²) in [4.78, 5) is 15.2. The van der Waals surface area contributed by atoms with Crippen molar-refractivity contribution in [3.05, 3.63) is 22.8 Å². The van der Waals surface area contributed by atoms with Gasteiger partial charge in [0.1, 0.15) is 0 Å². The number of hydrogen-bond donors (Lipinski definition) is 0. The Balaban J connectivity index is 2.04. The highest BCUT2D eigenvalue weighted by Gasteiger charge is 2.25. The highest BCUT2D eigenvalue weighted by molar-refractivity contribution is 8.03. The van der Waals surface area contributed by atoms with Crippen molar-refractivity contribution in [1.29, 1.82) is 0 Å². The number of unbranched alkanes of at least 4 members (excludes halogenated alkanes) is 1. The van der Waals surface area contributed by atoms with Crippen molar-refractivity contribution < 1.29 is 4.79 Å². The van der Waals surface area contributed by atoms with Crippen LogP contribution in [0.15, 0.2) is 22.8 Å². The van der Waals surface area contributed by atoms with E-state index >= 15 is 0 Å². The molecule has 0 aromatic carbocycles. The first-order valence-corrected chi connectivity index (χ1v) is 6.64. The van der Waals surface area contributed by atoms with Crippen LogP contribution >= 0.6 is 11.8 Å². The molecule has 3 heteroatoms. The Kier molecular flexibility index (Phi) is 3.52. The minimum atomic E-state index is 0.302. The van der Waals surface area contributed by atoms with Crippen LogP contribution in [0.1, 0.15) is 32.6 Å². The maximum atomic E-state index is 11.9. The van der Waals surface area contributed by atoms with Gasteiger partial charge in [-0.2, -0.15) is 0 Å². The molecule has 0 N–H and O–H groups in total. The number of thioether (sulfide) groups is 1. The molecule has 1 amide bonds. The number of hydrogen-bond acceptors (Lipinski definition) is 2. The molecule has 0 radical (unpaired) electrons. The first-order chi connectivity index (χ1) is 7.33. The van der Waals surface area contributed by atoms with Crippen LogP contribution in [-0.2, 0) is 4.79 Å². The molecule has 2 heterocycles. The van der Waals surface area contributed by atoms with E-state index in [1.54, 1.807) is 0 Å². The van der Waals surface area contributed by atoms with Crippen LogP contribution in [-0.4, -0.2) is 23.1 Å². The molecule has 0 fully saturated rings. The molecule has 0 bridgehead atoms. The fraction of sp³-hybridized carbons (Fsp3) is 0.583. The van der Waals surface area contributed by atoms with Gasteiger partial charge in [0, 0.05) is 29.3 Å². The first-order valence-electron chi connectivity index (χ1n) is 5.65. The van der Waals surface area contributed by atoms with E-state index in [0.717, 1.165) is 31.6 Å². The Morgan fingerprint density at radius 1 is 1.60 bits per heavy atom. The zero-order valence-corrected chi connectivity index (χ0v) is 9.98. The Labute approximate surface area is 95.4 Å². The van der Waals surface area contributed by atoms with E-state index in [-0.39, 0.29) is 0 Å². The van der Waals surface area contributed by atoms with Crippen molar-refractivity contribution in [2.45, 2.75) is 32.6 Å². The molecular formula is C12H17NOS. The summed E-state index contributed by atoms with van der Waals surface area (Å²) >= 11 is 1.87. The number of nitrogens with zero attached hydrogens (tertiary/aromatic N) is 1. The largest absolute Gasteiger partial charge is 0.311 e. The number of carbonyl (C=O) groups excluding carboxylic acids is 1. The van der Waals surface area contributed by atoms with Gasteiger partial charge in [-0.05, 0) is 18.9 Å². The lowest BCUT2D eigenvalue weighted by Crippen LogP contribution is -2.31. The van der Waals surface area contributed by atoms with Gasteiger partial charge in [-0.1, -0.05) is 19.4 Å². The van der Waals surface area contributed by atoms with Crippen LogP contribution in [0.4, 0.5) is 0 Å². The molecule has 0 aromatic rings. The molecule has 0 spiro atoms.